The summed E-state index contributed by atoms with van der Waals surface area (Å²) < 4.78 is 0. The minimum atomic E-state index is 0.144. The van der Waals surface area contributed by atoms with Gasteiger partial charge in [0.25, 0.3) is 5.91 Å². The zero-order chi connectivity index (χ0) is 11.5. The van der Waals surface area contributed by atoms with Gasteiger partial charge < -0.3 is 4.90 Å². The SMILES string of the molecule is Cc1ccccc1C(=O)N1CCC(CCl)C1. The van der Waals surface area contributed by atoms with E-state index in [2.05, 4.69) is 0 Å². The minimum absolute atomic E-state index is 0.144. The predicted molar refractivity (Wildman–Crippen MR) is 65.9 cm³/mol. The smallest absolute Gasteiger partial charge is 0.254 e. The van der Waals surface area contributed by atoms with Crippen molar-refractivity contribution in [3.8, 4) is 0 Å². The molecule has 1 amide bonds. The van der Waals surface area contributed by atoms with Gasteiger partial charge in [-0.15, -0.1) is 11.6 Å². The highest BCUT2D eigenvalue weighted by molar-refractivity contribution is 6.18. The van der Waals surface area contributed by atoms with Crippen LogP contribution in [-0.4, -0.2) is 29.8 Å². The van der Waals surface area contributed by atoms with Crippen molar-refractivity contribution in [2.75, 3.05) is 19.0 Å². The number of carbonyl (C=O) groups is 1. The Kier molecular flexibility index (Phi) is 3.49. The number of benzene rings is 1. The van der Waals surface area contributed by atoms with Crippen molar-refractivity contribution in [1.82, 2.24) is 4.90 Å². The molecule has 0 N–H and O–H groups in total. The molecule has 3 heteroatoms. The standard InChI is InChI=1S/C13H16ClNO/c1-10-4-2-3-5-12(10)13(16)15-7-6-11(8-14)9-15/h2-5,11H,6-9H2,1H3. The highest BCUT2D eigenvalue weighted by Crippen LogP contribution is 2.20. The molecule has 0 saturated carbocycles. The van der Waals surface area contributed by atoms with Crippen LogP contribution >= 0.6 is 11.6 Å². The average Bonchev–Trinajstić information content (AvgIpc) is 2.77. The summed E-state index contributed by atoms with van der Waals surface area (Å²) in [5.41, 5.74) is 1.86. The van der Waals surface area contributed by atoms with Crippen LogP contribution < -0.4 is 0 Å². The van der Waals surface area contributed by atoms with Gasteiger partial charge in [-0.2, -0.15) is 0 Å². The predicted octanol–water partition coefficient (Wildman–Crippen LogP) is 2.70. The van der Waals surface area contributed by atoms with Gasteiger partial charge in [0.05, 0.1) is 0 Å². The van der Waals surface area contributed by atoms with Gasteiger partial charge in [0, 0.05) is 24.5 Å². The van der Waals surface area contributed by atoms with E-state index < -0.39 is 0 Å². The first kappa shape index (κ1) is 11.5. The maximum absolute atomic E-state index is 12.2. The van der Waals surface area contributed by atoms with Crippen LogP contribution in [0.4, 0.5) is 0 Å². The molecule has 1 fully saturated rings. The van der Waals surface area contributed by atoms with E-state index in [-0.39, 0.29) is 5.91 Å². The third kappa shape index (κ3) is 2.22. The molecule has 16 heavy (non-hydrogen) atoms. The Morgan fingerprint density at radius 3 is 2.88 bits per heavy atom. The first-order valence-corrected chi connectivity index (χ1v) is 6.16. The lowest BCUT2D eigenvalue weighted by Gasteiger charge is -2.17. The lowest BCUT2D eigenvalue weighted by Crippen LogP contribution is -2.29. The summed E-state index contributed by atoms with van der Waals surface area (Å²) in [5, 5.41) is 0. The molecule has 86 valence electrons. The number of halogens is 1. The van der Waals surface area contributed by atoms with E-state index in [1.54, 1.807) is 0 Å². The number of rotatable bonds is 2. The van der Waals surface area contributed by atoms with Crippen molar-refractivity contribution < 1.29 is 4.79 Å². The van der Waals surface area contributed by atoms with Gasteiger partial charge in [-0.05, 0) is 30.9 Å². The van der Waals surface area contributed by atoms with Gasteiger partial charge in [0.15, 0.2) is 0 Å². The zero-order valence-corrected chi connectivity index (χ0v) is 10.2. The molecule has 0 spiro atoms. The molecule has 1 saturated heterocycles. The number of hydrogen-bond acceptors (Lipinski definition) is 1. The van der Waals surface area contributed by atoms with E-state index in [9.17, 15) is 4.79 Å². The summed E-state index contributed by atoms with van der Waals surface area (Å²) in [5.74, 6) is 1.26. The van der Waals surface area contributed by atoms with Crippen LogP contribution in [0.5, 0.6) is 0 Å². The van der Waals surface area contributed by atoms with Gasteiger partial charge in [-0.25, -0.2) is 0 Å². The quantitative estimate of drug-likeness (QED) is 0.725. The molecule has 1 aliphatic heterocycles. The van der Waals surface area contributed by atoms with Crippen molar-refractivity contribution in [2.45, 2.75) is 13.3 Å². The monoisotopic (exact) mass is 237 g/mol. The second-order valence-corrected chi connectivity index (χ2v) is 4.68. The number of carbonyl (C=O) groups excluding carboxylic acids is 1. The first-order chi connectivity index (χ1) is 7.72. The van der Waals surface area contributed by atoms with Gasteiger partial charge in [0.2, 0.25) is 0 Å². The molecule has 2 nitrogen and oxygen atoms in total. The molecule has 0 aromatic heterocycles. The summed E-state index contributed by atoms with van der Waals surface area (Å²) in [7, 11) is 0. The molecule has 1 aliphatic rings. The molecule has 0 bridgehead atoms. The van der Waals surface area contributed by atoms with Gasteiger partial charge in [-0.1, -0.05) is 18.2 Å². The number of amides is 1. The van der Waals surface area contributed by atoms with Crippen LogP contribution in [0.2, 0.25) is 0 Å². The molecule has 1 aromatic carbocycles. The van der Waals surface area contributed by atoms with E-state index >= 15 is 0 Å². The van der Waals surface area contributed by atoms with Crippen molar-refractivity contribution in [2.24, 2.45) is 5.92 Å². The fourth-order valence-corrected chi connectivity index (χ4v) is 2.38. The van der Waals surface area contributed by atoms with Crippen molar-refractivity contribution in [3.63, 3.8) is 0 Å². The summed E-state index contributed by atoms with van der Waals surface area (Å²) >= 11 is 5.82. The van der Waals surface area contributed by atoms with E-state index in [0.717, 1.165) is 30.6 Å². The summed E-state index contributed by atoms with van der Waals surface area (Å²) in [6.07, 6.45) is 1.03. The molecule has 0 radical (unpaired) electrons. The fourth-order valence-electron chi connectivity index (χ4n) is 2.13. The highest BCUT2D eigenvalue weighted by atomic mass is 35.5. The molecule has 1 heterocycles. The first-order valence-electron chi connectivity index (χ1n) is 5.63. The van der Waals surface area contributed by atoms with Crippen molar-refractivity contribution in [1.29, 1.82) is 0 Å². The largest absolute Gasteiger partial charge is 0.338 e. The second kappa shape index (κ2) is 4.88. The molecular formula is C13H16ClNO. The summed E-state index contributed by atoms with van der Waals surface area (Å²) in [6.45, 7) is 3.61. The van der Waals surface area contributed by atoms with Crippen LogP contribution in [0.15, 0.2) is 24.3 Å². The maximum atomic E-state index is 12.2. The third-order valence-electron chi connectivity index (χ3n) is 3.17. The Balaban J connectivity index is 2.12. The molecule has 1 unspecified atom stereocenters. The van der Waals surface area contributed by atoms with Gasteiger partial charge in [0.1, 0.15) is 0 Å². The van der Waals surface area contributed by atoms with Gasteiger partial charge >= 0.3 is 0 Å². The Morgan fingerprint density at radius 2 is 2.25 bits per heavy atom. The number of hydrogen-bond donors (Lipinski definition) is 0. The lowest BCUT2D eigenvalue weighted by atomic mass is 10.1. The Morgan fingerprint density at radius 1 is 1.50 bits per heavy atom. The molecule has 1 aromatic rings. The number of nitrogens with zero attached hydrogens (tertiary/aromatic N) is 1. The van der Waals surface area contributed by atoms with E-state index in [1.165, 1.54) is 0 Å². The highest BCUT2D eigenvalue weighted by Gasteiger charge is 2.26. The maximum Gasteiger partial charge on any atom is 0.254 e. The third-order valence-corrected chi connectivity index (χ3v) is 3.60. The number of aryl methyl sites for hydroxylation is 1. The molecule has 2 rings (SSSR count). The van der Waals surface area contributed by atoms with Crippen LogP contribution in [0.1, 0.15) is 22.3 Å². The molecule has 0 aliphatic carbocycles. The zero-order valence-electron chi connectivity index (χ0n) is 9.45. The van der Waals surface area contributed by atoms with Crippen molar-refractivity contribution in [3.05, 3.63) is 35.4 Å². The lowest BCUT2D eigenvalue weighted by molar-refractivity contribution is 0.0787. The summed E-state index contributed by atoms with van der Waals surface area (Å²) in [4.78, 5) is 14.1. The second-order valence-electron chi connectivity index (χ2n) is 4.38. The van der Waals surface area contributed by atoms with Crippen LogP contribution in [0.25, 0.3) is 0 Å². The van der Waals surface area contributed by atoms with Crippen LogP contribution in [0, 0.1) is 12.8 Å². The molecular weight excluding hydrogens is 222 g/mol. The normalized spacial score (nSPS) is 20.1. The minimum Gasteiger partial charge on any atom is -0.338 e. The Bertz CT molecular complexity index is 391. The van der Waals surface area contributed by atoms with Crippen LogP contribution in [0.3, 0.4) is 0 Å². The van der Waals surface area contributed by atoms with E-state index in [1.807, 2.05) is 36.1 Å². The summed E-state index contributed by atoms with van der Waals surface area (Å²) in [6, 6.07) is 7.74. The van der Waals surface area contributed by atoms with Gasteiger partial charge in [-0.3, -0.25) is 4.79 Å². The fraction of sp³-hybridized carbons (Fsp3) is 0.462. The van der Waals surface area contributed by atoms with E-state index in [0.29, 0.717) is 11.8 Å². The van der Waals surface area contributed by atoms with E-state index in [4.69, 9.17) is 11.6 Å². The number of alkyl halides is 1. The molecule has 1 atom stereocenters. The Labute approximate surface area is 101 Å². The average molecular weight is 238 g/mol. The topological polar surface area (TPSA) is 20.3 Å². The Hall–Kier alpha value is -1.02. The van der Waals surface area contributed by atoms with Crippen LogP contribution in [-0.2, 0) is 0 Å². The number of likely N-dealkylation sites (tertiary alicyclic amines) is 1. The van der Waals surface area contributed by atoms with Crippen molar-refractivity contribution >= 4 is 17.5 Å².